The van der Waals surface area contributed by atoms with Crippen LogP contribution in [0.1, 0.15) is 11.4 Å². The fraction of sp³-hybridized carbons (Fsp3) is 0.154. The first kappa shape index (κ1) is 29.6. The van der Waals surface area contributed by atoms with Crippen LogP contribution in [0.3, 0.4) is 0 Å². The molecule has 0 unspecified atom stereocenters. The third-order valence-electron chi connectivity index (χ3n) is 5.34. The van der Waals surface area contributed by atoms with E-state index in [4.69, 9.17) is 40.5 Å². The molecule has 41 heavy (non-hydrogen) atoms. The number of halogens is 3. The van der Waals surface area contributed by atoms with Crippen LogP contribution in [-0.4, -0.2) is 62.5 Å². The van der Waals surface area contributed by atoms with E-state index in [9.17, 15) is 9.59 Å². The van der Waals surface area contributed by atoms with Gasteiger partial charge in [0.2, 0.25) is 11.1 Å². The average Bonchev–Trinajstić information content (AvgIpc) is 3.69. The van der Waals surface area contributed by atoms with Crippen molar-refractivity contribution in [2.45, 2.75) is 13.8 Å². The van der Waals surface area contributed by atoms with Crippen LogP contribution in [0.2, 0.25) is 0 Å². The van der Waals surface area contributed by atoms with E-state index in [0.29, 0.717) is 17.3 Å². The number of alkyl halides is 2. The number of carbonyl (C=O) groups is 2. The molecule has 0 bridgehead atoms. The molecule has 2 aromatic carbocycles. The fourth-order valence-electron chi connectivity index (χ4n) is 3.56. The largest absolute Gasteiger partial charge is 0.399 e. The van der Waals surface area contributed by atoms with Gasteiger partial charge in [-0.2, -0.15) is 9.26 Å². The molecule has 0 radical (unpaired) electrons. The zero-order valence-electron chi connectivity index (χ0n) is 21.9. The molecule has 5 N–H and O–H groups in total. The molecular weight excluding hydrogens is 591 g/mol. The Labute approximate surface area is 248 Å². The minimum atomic E-state index is -0.508. The number of fused-ring (bicyclic) bond motifs is 2. The predicted octanol–water partition coefficient (Wildman–Crippen LogP) is 4.82. The normalized spacial score (nSPS) is 10.6. The average molecular weight is 616 g/mol. The summed E-state index contributed by atoms with van der Waals surface area (Å²) in [6, 6.07) is 18.7. The first-order chi connectivity index (χ1) is 19.6. The van der Waals surface area contributed by atoms with Crippen molar-refractivity contribution in [3.63, 3.8) is 0 Å². The number of hydrogen-bond acceptors (Lipinski definition) is 7. The van der Waals surface area contributed by atoms with Crippen LogP contribution < -0.4 is 11.1 Å². The highest BCUT2D eigenvalue weighted by Crippen LogP contribution is 2.20. The summed E-state index contributed by atoms with van der Waals surface area (Å²) >= 11 is 15.0. The smallest absolute Gasteiger partial charge is 0.239 e. The van der Waals surface area contributed by atoms with Crippen molar-refractivity contribution < 1.29 is 9.59 Å². The van der Waals surface area contributed by atoms with E-state index < -0.39 is 5.24 Å². The highest BCUT2D eigenvalue weighted by atomic mass is 35.5. The van der Waals surface area contributed by atoms with Gasteiger partial charge in [-0.1, -0.05) is 0 Å². The lowest BCUT2D eigenvalue weighted by Gasteiger charge is -2.03. The summed E-state index contributed by atoms with van der Waals surface area (Å²) in [5.74, 6) is 0.941. The monoisotopic (exact) mass is 614 g/mol. The second-order valence-electron chi connectivity index (χ2n) is 8.66. The molecule has 4 heterocycles. The maximum atomic E-state index is 11.2. The quantitative estimate of drug-likeness (QED) is 0.123. The molecule has 0 fully saturated rings. The minimum absolute atomic E-state index is 0.0611. The Balaban J connectivity index is 0.000000165. The Kier molecular flexibility index (Phi) is 9.61. The molecule has 6 aromatic rings. The first-order valence-corrected chi connectivity index (χ1v) is 13.5. The van der Waals surface area contributed by atoms with Gasteiger partial charge in [-0.25, -0.2) is 9.97 Å². The van der Waals surface area contributed by atoms with Gasteiger partial charge in [-0.05, 0) is 74.0 Å². The van der Waals surface area contributed by atoms with Gasteiger partial charge >= 0.3 is 0 Å². The Morgan fingerprint density at radius 1 is 0.805 bits per heavy atom. The number of aryl methyl sites for hydroxylation is 2. The maximum absolute atomic E-state index is 11.2. The van der Waals surface area contributed by atoms with Gasteiger partial charge in [0.1, 0.15) is 5.88 Å². The van der Waals surface area contributed by atoms with E-state index in [1.807, 2.05) is 62.4 Å². The Morgan fingerprint density at radius 3 is 1.63 bits per heavy atom. The minimum Gasteiger partial charge on any atom is -0.399 e. The third-order valence-corrected chi connectivity index (χ3v) is 6.10. The summed E-state index contributed by atoms with van der Waals surface area (Å²) in [5.41, 5.74) is 12.5. The number of benzene rings is 2. The van der Waals surface area contributed by atoms with Crippen molar-refractivity contribution in [2.24, 2.45) is 0 Å². The lowest BCUT2D eigenvalue weighted by atomic mass is 10.2. The second-order valence-corrected chi connectivity index (χ2v) is 9.62. The summed E-state index contributed by atoms with van der Waals surface area (Å²) in [4.78, 5) is 29.5. The van der Waals surface area contributed by atoms with Crippen molar-refractivity contribution in [1.29, 1.82) is 0 Å². The van der Waals surface area contributed by atoms with Gasteiger partial charge in [-0.3, -0.25) is 19.8 Å². The molecule has 0 aliphatic rings. The van der Waals surface area contributed by atoms with Crippen LogP contribution >= 0.6 is 34.8 Å². The fourth-order valence-corrected chi connectivity index (χ4v) is 3.63. The van der Waals surface area contributed by atoms with E-state index in [2.05, 4.69) is 35.7 Å². The number of H-pyrrole nitrogens is 2. The number of carbonyl (C=O) groups excluding carboxylic acids is 2. The molecule has 0 atom stereocenters. The zero-order valence-corrected chi connectivity index (χ0v) is 24.2. The van der Waals surface area contributed by atoms with E-state index in [0.717, 1.165) is 39.5 Å². The molecule has 0 aliphatic carbocycles. The summed E-state index contributed by atoms with van der Waals surface area (Å²) < 4.78 is 3.30. The first-order valence-electron chi connectivity index (χ1n) is 12.1. The highest BCUT2D eigenvalue weighted by Gasteiger charge is 2.09. The number of aromatic amines is 2. The van der Waals surface area contributed by atoms with Gasteiger partial charge in [0.25, 0.3) is 0 Å². The van der Waals surface area contributed by atoms with Gasteiger partial charge in [0, 0.05) is 46.0 Å². The van der Waals surface area contributed by atoms with E-state index in [1.165, 1.54) is 0 Å². The van der Waals surface area contributed by atoms with Crippen molar-refractivity contribution >= 4 is 68.6 Å². The molecule has 12 nitrogen and oxygen atoms in total. The molecule has 0 saturated carbocycles. The molecule has 6 rings (SSSR count). The lowest BCUT2D eigenvalue weighted by molar-refractivity contribution is -0.114. The zero-order chi connectivity index (χ0) is 29.5. The summed E-state index contributed by atoms with van der Waals surface area (Å²) in [6.07, 6.45) is 0. The number of nitrogen functional groups attached to an aromatic ring is 1. The van der Waals surface area contributed by atoms with Crippen molar-refractivity contribution in [1.82, 2.24) is 39.6 Å². The molecule has 4 aromatic heterocycles. The number of rotatable bonds is 5. The van der Waals surface area contributed by atoms with Gasteiger partial charge in [-0.15, -0.1) is 33.4 Å². The maximum Gasteiger partial charge on any atom is 0.239 e. The Bertz CT molecular complexity index is 1710. The number of hydrogen-bond donors (Lipinski definition) is 4. The number of nitrogens with two attached hydrogens (primary N) is 1. The molecular formula is C26H25Cl3N10O2. The number of anilines is 2. The van der Waals surface area contributed by atoms with E-state index in [-0.39, 0.29) is 17.7 Å². The van der Waals surface area contributed by atoms with Crippen LogP contribution in [0.4, 0.5) is 11.4 Å². The second kappa shape index (κ2) is 13.3. The van der Waals surface area contributed by atoms with Crippen LogP contribution in [0.5, 0.6) is 0 Å². The molecule has 15 heteroatoms. The van der Waals surface area contributed by atoms with Crippen LogP contribution in [0.15, 0.2) is 60.7 Å². The van der Waals surface area contributed by atoms with E-state index >= 15 is 0 Å². The van der Waals surface area contributed by atoms with Crippen LogP contribution in [-0.2, 0) is 9.59 Å². The van der Waals surface area contributed by atoms with Crippen molar-refractivity contribution in [3.8, 4) is 22.8 Å². The van der Waals surface area contributed by atoms with Crippen molar-refractivity contribution in [3.05, 3.63) is 72.1 Å². The van der Waals surface area contributed by atoms with Crippen LogP contribution in [0, 0.1) is 13.8 Å². The lowest BCUT2D eigenvalue weighted by Crippen LogP contribution is -2.12. The standard InChI is InChI=1S/C13H12ClN5O.C11H11N5.C2H2Cl2O/c1-8-6-11-16-13(18-19(11)17-8)9-2-4-10(5-3-9)15-12(20)7-14;1-7-6-10-13-11(15-16(10)14-7)8-2-4-9(12)5-3-8;3-1-2(4)5/h2-6,17H,7H2,1H3,(H,15,20);2-6,14H,12H2,1H3;1H2. The molecule has 1 amide bonds. The predicted molar refractivity (Wildman–Crippen MR) is 160 cm³/mol. The van der Waals surface area contributed by atoms with Crippen molar-refractivity contribution in [2.75, 3.05) is 22.8 Å². The number of aromatic nitrogens is 8. The SMILES string of the molecule is Cc1cc2nc(-c3ccc(N)cc3)nn2[nH]1.Cc1cc2nc(-c3ccc(NC(=O)CCl)cc3)nn2[nH]1.O=C(Cl)CCl. The molecule has 0 aliphatic heterocycles. The summed E-state index contributed by atoms with van der Waals surface area (Å²) in [5, 5.41) is 17.0. The molecule has 212 valence electrons. The van der Waals surface area contributed by atoms with Gasteiger partial charge in [0.05, 0.1) is 5.88 Å². The highest BCUT2D eigenvalue weighted by molar-refractivity contribution is 6.67. The van der Waals surface area contributed by atoms with Gasteiger partial charge < -0.3 is 11.1 Å². The Morgan fingerprint density at radius 2 is 1.24 bits per heavy atom. The summed E-state index contributed by atoms with van der Waals surface area (Å²) in [6.45, 7) is 3.92. The molecule has 0 saturated heterocycles. The summed E-state index contributed by atoms with van der Waals surface area (Å²) in [7, 11) is 0. The number of nitrogens with one attached hydrogen (secondary N) is 3. The third kappa shape index (κ3) is 7.84. The van der Waals surface area contributed by atoms with Gasteiger partial charge in [0.15, 0.2) is 22.9 Å². The van der Waals surface area contributed by atoms with E-state index in [1.54, 1.807) is 21.4 Å². The number of amides is 1. The molecule has 0 spiro atoms. The Hall–Kier alpha value is -4.39. The van der Waals surface area contributed by atoms with Crippen LogP contribution in [0.25, 0.3) is 34.1 Å². The number of nitrogens with zero attached hydrogens (tertiary/aromatic N) is 6. The topological polar surface area (TPSA) is 164 Å².